The molecule has 0 fully saturated rings. The average Bonchev–Trinajstić information content (AvgIpc) is 2.51. The smallest absolute Gasteiger partial charge is 0.122 e. The second-order valence-electron chi connectivity index (χ2n) is 3.08. The molecule has 0 spiro atoms. The van der Waals surface area contributed by atoms with Crippen LogP contribution >= 0.6 is 0 Å². The van der Waals surface area contributed by atoms with Crippen molar-refractivity contribution in [3.05, 3.63) is 29.3 Å². The molecule has 0 radical (unpaired) electrons. The molecule has 2 N–H and O–H groups in total. The average molecular weight is 163 g/mol. The van der Waals surface area contributed by atoms with Crippen LogP contribution in [-0.4, -0.2) is 13.2 Å². The van der Waals surface area contributed by atoms with E-state index >= 15 is 0 Å². The fourth-order valence-corrected chi connectivity index (χ4v) is 1.56. The van der Waals surface area contributed by atoms with E-state index in [0.29, 0.717) is 0 Å². The maximum absolute atomic E-state index is 5.47. The van der Waals surface area contributed by atoms with Crippen molar-refractivity contribution in [2.24, 2.45) is 5.73 Å². The van der Waals surface area contributed by atoms with Crippen LogP contribution in [0.2, 0.25) is 0 Å². The zero-order valence-corrected chi connectivity index (χ0v) is 7.05. The SMILES string of the molecule is NCCc1ccc2c(c1)CCO2. The van der Waals surface area contributed by atoms with E-state index in [4.69, 9.17) is 10.5 Å². The van der Waals surface area contributed by atoms with Gasteiger partial charge in [-0.2, -0.15) is 0 Å². The van der Waals surface area contributed by atoms with Crippen LogP contribution in [0.15, 0.2) is 18.2 Å². The largest absolute Gasteiger partial charge is 0.493 e. The van der Waals surface area contributed by atoms with Crippen LogP contribution in [0.25, 0.3) is 0 Å². The summed E-state index contributed by atoms with van der Waals surface area (Å²) < 4.78 is 5.40. The van der Waals surface area contributed by atoms with Crippen LogP contribution in [-0.2, 0) is 12.8 Å². The molecule has 1 aliphatic heterocycles. The quantitative estimate of drug-likeness (QED) is 0.709. The van der Waals surface area contributed by atoms with Gasteiger partial charge in [0, 0.05) is 6.42 Å². The van der Waals surface area contributed by atoms with Gasteiger partial charge in [0.1, 0.15) is 5.75 Å². The summed E-state index contributed by atoms with van der Waals surface area (Å²) in [4.78, 5) is 0. The van der Waals surface area contributed by atoms with E-state index in [1.807, 2.05) is 6.07 Å². The summed E-state index contributed by atoms with van der Waals surface area (Å²) in [5, 5.41) is 0. The van der Waals surface area contributed by atoms with Gasteiger partial charge >= 0.3 is 0 Å². The molecule has 0 aliphatic carbocycles. The molecule has 12 heavy (non-hydrogen) atoms. The first-order valence-electron chi connectivity index (χ1n) is 4.35. The number of hydrogen-bond donors (Lipinski definition) is 1. The lowest BCUT2D eigenvalue weighted by atomic mass is 10.1. The van der Waals surface area contributed by atoms with Gasteiger partial charge in [0.2, 0.25) is 0 Å². The van der Waals surface area contributed by atoms with Crippen molar-refractivity contribution in [1.82, 2.24) is 0 Å². The van der Waals surface area contributed by atoms with Crippen molar-refractivity contribution >= 4 is 0 Å². The van der Waals surface area contributed by atoms with Gasteiger partial charge in [0.25, 0.3) is 0 Å². The second-order valence-corrected chi connectivity index (χ2v) is 3.08. The first-order chi connectivity index (χ1) is 5.90. The highest BCUT2D eigenvalue weighted by Crippen LogP contribution is 2.25. The Morgan fingerprint density at radius 1 is 1.42 bits per heavy atom. The molecule has 2 heteroatoms. The Morgan fingerprint density at radius 3 is 3.17 bits per heavy atom. The predicted octanol–water partition coefficient (Wildman–Crippen LogP) is 1.12. The van der Waals surface area contributed by atoms with Gasteiger partial charge in [0.05, 0.1) is 6.61 Å². The minimum atomic E-state index is 0.722. The molecule has 0 aromatic heterocycles. The molecular formula is C10H13NO. The van der Waals surface area contributed by atoms with E-state index in [0.717, 1.165) is 31.7 Å². The van der Waals surface area contributed by atoms with E-state index in [-0.39, 0.29) is 0 Å². The Balaban J connectivity index is 2.26. The highest BCUT2D eigenvalue weighted by Gasteiger charge is 2.11. The predicted molar refractivity (Wildman–Crippen MR) is 48.4 cm³/mol. The molecule has 1 aromatic carbocycles. The first kappa shape index (κ1) is 7.62. The Hall–Kier alpha value is -1.02. The topological polar surface area (TPSA) is 35.2 Å². The van der Waals surface area contributed by atoms with Crippen LogP contribution in [0.3, 0.4) is 0 Å². The third-order valence-corrected chi connectivity index (χ3v) is 2.19. The molecule has 64 valence electrons. The zero-order valence-electron chi connectivity index (χ0n) is 7.05. The van der Waals surface area contributed by atoms with Crippen molar-refractivity contribution in [3.63, 3.8) is 0 Å². The molecule has 0 amide bonds. The van der Waals surface area contributed by atoms with Crippen molar-refractivity contribution in [2.45, 2.75) is 12.8 Å². The summed E-state index contributed by atoms with van der Waals surface area (Å²) in [6.07, 6.45) is 2.01. The Morgan fingerprint density at radius 2 is 2.33 bits per heavy atom. The summed E-state index contributed by atoms with van der Waals surface area (Å²) in [5.41, 5.74) is 8.13. The van der Waals surface area contributed by atoms with Crippen LogP contribution < -0.4 is 10.5 Å². The van der Waals surface area contributed by atoms with Crippen molar-refractivity contribution in [1.29, 1.82) is 0 Å². The van der Waals surface area contributed by atoms with Crippen LogP contribution in [0, 0.1) is 0 Å². The highest BCUT2D eigenvalue weighted by molar-refractivity contribution is 5.39. The minimum Gasteiger partial charge on any atom is -0.493 e. The molecule has 0 saturated heterocycles. The first-order valence-corrected chi connectivity index (χ1v) is 4.35. The second kappa shape index (κ2) is 3.15. The molecule has 0 unspecified atom stereocenters. The standard InChI is InChI=1S/C10H13NO/c11-5-3-8-1-2-10-9(7-8)4-6-12-10/h1-2,7H,3-6,11H2. The Kier molecular flexibility index (Phi) is 2.00. The third-order valence-electron chi connectivity index (χ3n) is 2.19. The van der Waals surface area contributed by atoms with Crippen molar-refractivity contribution in [2.75, 3.05) is 13.2 Å². The van der Waals surface area contributed by atoms with Crippen LogP contribution in [0.5, 0.6) is 5.75 Å². The number of hydrogen-bond acceptors (Lipinski definition) is 2. The van der Waals surface area contributed by atoms with Gasteiger partial charge in [-0.15, -0.1) is 0 Å². The lowest BCUT2D eigenvalue weighted by Crippen LogP contribution is -2.02. The molecule has 2 nitrogen and oxygen atoms in total. The zero-order chi connectivity index (χ0) is 8.39. The summed E-state index contributed by atoms with van der Waals surface area (Å²) in [5.74, 6) is 1.05. The number of fused-ring (bicyclic) bond motifs is 1. The molecule has 2 rings (SSSR count). The molecule has 0 saturated carbocycles. The maximum atomic E-state index is 5.47. The van der Waals surface area contributed by atoms with Gasteiger partial charge in [0.15, 0.2) is 0 Å². The van der Waals surface area contributed by atoms with E-state index in [1.54, 1.807) is 0 Å². The molecular weight excluding hydrogens is 150 g/mol. The fraction of sp³-hybridized carbons (Fsp3) is 0.400. The minimum absolute atomic E-state index is 0.722. The van der Waals surface area contributed by atoms with E-state index in [9.17, 15) is 0 Å². The Bertz CT molecular complexity index is 283. The molecule has 0 bridgehead atoms. The molecule has 1 heterocycles. The molecule has 1 aliphatic rings. The normalized spacial score (nSPS) is 14.1. The summed E-state index contributed by atoms with van der Waals surface area (Å²) in [6.45, 7) is 1.56. The lowest BCUT2D eigenvalue weighted by molar-refractivity contribution is 0.357. The van der Waals surface area contributed by atoms with Crippen molar-refractivity contribution in [3.8, 4) is 5.75 Å². The van der Waals surface area contributed by atoms with Crippen LogP contribution in [0.1, 0.15) is 11.1 Å². The lowest BCUT2D eigenvalue weighted by Gasteiger charge is -2.01. The summed E-state index contributed by atoms with van der Waals surface area (Å²) in [7, 11) is 0. The summed E-state index contributed by atoms with van der Waals surface area (Å²) >= 11 is 0. The van der Waals surface area contributed by atoms with E-state index in [2.05, 4.69) is 12.1 Å². The van der Waals surface area contributed by atoms with Gasteiger partial charge < -0.3 is 10.5 Å². The fourth-order valence-electron chi connectivity index (χ4n) is 1.56. The Labute approximate surface area is 72.3 Å². The summed E-state index contributed by atoms with van der Waals surface area (Å²) in [6, 6.07) is 6.35. The van der Waals surface area contributed by atoms with Gasteiger partial charge in [-0.3, -0.25) is 0 Å². The van der Waals surface area contributed by atoms with Crippen LogP contribution in [0.4, 0.5) is 0 Å². The van der Waals surface area contributed by atoms with Crippen molar-refractivity contribution < 1.29 is 4.74 Å². The third kappa shape index (κ3) is 1.30. The van der Waals surface area contributed by atoms with E-state index < -0.39 is 0 Å². The maximum Gasteiger partial charge on any atom is 0.122 e. The number of benzene rings is 1. The monoisotopic (exact) mass is 163 g/mol. The number of nitrogens with two attached hydrogens (primary N) is 1. The molecule has 0 atom stereocenters. The molecule has 1 aromatic rings. The van der Waals surface area contributed by atoms with Gasteiger partial charge in [-0.05, 0) is 30.2 Å². The van der Waals surface area contributed by atoms with Gasteiger partial charge in [-0.1, -0.05) is 12.1 Å². The number of ether oxygens (including phenoxy) is 1. The highest BCUT2D eigenvalue weighted by atomic mass is 16.5. The van der Waals surface area contributed by atoms with E-state index in [1.165, 1.54) is 11.1 Å². The van der Waals surface area contributed by atoms with Gasteiger partial charge in [-0.25, -0.2) is 0 Å². The number of rotatable bonds is 2.